The van der Waals surface area contributed by atoms with Gasteiger partial charge in [0, 0.05) is 18.2 Å². The number of methoxy groups -OCH3 is 1. The molecule has 0 amide bonds. The first-order chi connectivity index (χ1) is 18.6. The Morgan fingerprint density at radius 3 is 2.42 bits per heavy atom. The Hall–Kier alpha value is -2.75. The molecule has 0 bridgehead atoms. The van der Waals surface area contributed by atoms with Crippen LogP contribution in [0.15, 0.2) is 35.3 Å². The lowest BCUT2D eigenvalue weighted by Gasteiger charge is -2.41. The van der Waals surface area contributed by atoms with Gasteiger partial charge in [0.1, 0.15) is 16.9 Å². The zero-order chi connectivity index (χ0) is 30.0. The van der Waals surface area contributed by atoms with E-state index in [-0.39, 0.29) is 61.8 Å². The third kappa shape index (κ3) is 6.93. The number of aromatic nitrogens is 2. The number of esters is 1. The molecule has 0 unspecified atom stereocenters. The van der Waals surface area contributed by atoms with E-state index in [0.29, 0.717) is 16.6 Å². The predicted octanol–water partition coefficient (Wildman–Crippen LogP) is 6.80. The van der Waals surface area contributed by atoms with E-state index in [1.54, 1.807) is 25.1 Å². The number of benzene rings is 1. The standard InChI is InChI=1S/C30H38ClFN2O5Si/c1-10-38-28(36)20-16-34(26(17(2)3)30(7,8)39-40-29(4,5)6)22-15-19(27(37-9)33-24(22)25(20)35)14-18-12-11-13-21(31)23(18)32/h11-13,15-17,26H,10,14H2,1-9H3/t26-/m0/s1. The highest BCUT2D eigenvalue weighted by Crippen LogP contribution is 2.37. The van der Waals surface area contributed by atoms with Crippen molar-refractivity contribution in [2.24, 2.45) is 5.92 Å². The number of rotatable bonds is 10. The number of halogens is 2. The summed E-state index contributed by atoms with van der Waals surface area (Å²) in [5.74, 6) is -1.08. The Balaban J connectivity index is 2.36. The normalized spacial score (nSPS) is 13.1. The van der Waals surface area contributed by atoms with Crippen LogP contribution in [0.3, 0.4) is 0 Å². The molecule has 3 rings (SSSR count). The lowest BCUT2D eigenvalue weighted by molar-refractivity contribution is 0.0286. The molecule has 0 aliphatic rings. The van der Waals surface area contributed by atoms with Crippen LogP contribution in [0.4, 0.5) is 4.39 Å². The number of hydrogen-bond acceptors (Lipinski definition) is 6. The maximum atomic E-state index is 14.9. The summed E-state index contributed by atoms with van der Waals surface area (Å²) in [4.78, 5) is 31.1. The Labute approximate surface area is 242 Å². The third-order valence-corrected chi connectivity index (χ3v) is 7.94. The highest BCUT2D eigenvalue weighted by atomic mass is 35.5. The van der Waals surface area contributed by atoms with Gasteiger partial charge >= 0.3 is 5.97 Å². The zero-order valence-electron chi connectivity index (χ0n) is 24.6. The van der Waals surface area contributed by atoms with Gasteiger partial charge in [-0.15, -0.1) is 0 Å². The second kappa shape index (κ2) is 12.4. The summed E-state index contributed by atoms with van der Waals surface area (Å²) in [6.45, 7) is 16.2. The van der Waals surface area contributed by atoms with Gasteiger partial charge in [-0.25, -0.2) is 14.2 Å². The fraction of sp³-hybridized carbons (Fsp3) is 0.500. The van der Waals surface area contributed by atoms with Gasteiger partial charge in [0.2, 0.25) is 21.1 Å². The van der Waals surface area contributed by atoms with Crippen molar-refractivity contribution < 1.29 is 23.1 Å². The molecule has 10 heteroatoms. The molecule has 1 aromatic carbocycles. The second-order valence-electron chi connectivity index (χ2n) is 11.7. The summed E-state index contributed by atoms with van der Waals surface area (Å²) in [6.07, 6.45) is 1.67. The highest BCUT2D eigenvalue weighted by molar-refractivity contribution is 6.32. The van der Waals surface area contributed by atoms with Gasteiger partial charge in [-0.05, 0) is 49.4 Å². The first kappa shape index (κ1) is 31.8. The number of nitrogens with zero attached hydrogens (tertiary/aromatic N) is 2. The van der Waals surface area contributed by atoms with Crippen molar-refractivity contribution in [2.75, 3.05) is 13.7 Å². The fourth-order valence-electron chi connectivity index (χ4n) is 4.87. The van der Waals surface area contributed by atoms with Gasteiger partial charge in [0.05, 0.1) is 35.9 Å². The summed E-state index contributed by atoms with van der Waals surface area (Å²) in [6, 6.07) is 6.26. The molecule has 0 spiro atoms. The van der Waals surface area contributed by atoms with Gasteiger partial charge in [0.15, 0.2) is 0 Å². The molecule has 0 saturated carbocycles. The monoisotopic (exact) mass is 588 g/mol. The average Bonchev–Trinajstić information content (AvgIpc) is 2.86. The highest BCUT2D eigenvalue weighted by Gasteiger charge is 2.37. The molecular weight excluding hydrogens is 551 g/mol. The maximum absolute atomic E-state index is 14.9. The van der Waals surface area contributed by atoms with E-state index < -0.39 is 22.8 Å². The van der Waals surface area contributed by atoms with Gasteiger partial charge in [-0.2, -0.15) is 0 Å². The first-order valence-corrected chi connectivity index (χ1v) is 14.6. The quantitative estimate of drug-likeness (QED) is 0.191. The Kier molecular flexibility index (Phi) is 9.85. The zero-order valence-corrected chi connectivity index (χ0v) is 26.4. The molecule has 0 saturated heterocycles. The Morgan fingerprint density at radius 1 is 1.18 bits per heavy atom. The number of pyridine rings is 2. The van der Waals surface area contributed by atoms with Crippen LogP contribution < -0.4 is 10.2 Å². The SMILES string of the molecule is CCOC(=O)c1cn([C@@H](C(C)C)C(C)(C)O[Si]C(C)(C)C)c2cc(Cc3cccc(Cl)c3F)c(OC)nc2c1=O. The van der Waals surface area contributed by atoms with Crippen LogP contribution >= 0.6 is 11.6 Å². The van der Waals surface area contributed by atoms with Crippen LogP contribution in [0.25, 0.3) is 11.0 Å². The van der Waals surface area contributed by atoms with Crippen molar-refractivity contribution in [1.29, 1.82) is 0 Å². The van der Waals surface area contributed by atoms with E-state index in [4.69, 9.17) is 25.5 Å². The van der Waals surface area contributed by atoms with Crippen molar-refractivity contribution >= 4 is 38.4 Å². The molecule has 40 heavy (non-hydrogen) atoms. The minimum absolute atomic E-state index is 0.0136. The van der Waals surface area contributed by atoms with Crippen LogP contribution in [-0.4, -0.2) is 44.6 Å². The van der Waals surface area contributed by atoms with Crippen LogP contribution in [0.2, 0.25) is 10.1 Å². The van der Waals surface area contributed by atoms with E-state index in [9.17, 15) is 14.0 Å². The van der Waals surface area contributed by atoms with Crippen molar-refractivity contribution in [3.8, 4) is 5.88 Å². The molecule has 216 valence electrons. The number of fused-ring (bicyclic) bond motifs is 1. The summed E-state index contributed by atoms with van der Waals surface area (Å²) < 4.78 is 34.0. The summed E-state index contributed by atoms with van der Waals surface area (Å²) in [7, 11) is 1.64. The Bertz CT molecular complexity index is 1450. The number of hydrogen-bond donors (Lipinski definition) is 0. The smallest absolute Gasteiger partial charge is 0.343 e. The summed E-state index contributed by atoms with van der Waals surface area (Å²) >= 11 is 6.03. The van der Waals surface area contributed by atoms with Gasteiger partial charge < -0.3 is 18.5 Å². The van der Waals surface area contributed by atoms with Crippen molar-refractivity contribution in [3.05, 3.63) is 68.2 Å². The van der Waals surface area contributed by atoms with E-state index >= 15 is 0 Å². The van der Waals surface area contributed by atoms with Crippen LogP contribution in [0.5, 0.6) is 5.88 Å². The number of carbonyl (C=O) groups is 1. The molecule has 2 aromatic heterocycles. The lowest BCUT2D eigenvalue weighted by atomic mass is 9.88. The second-order valence-corrected chi connectivity index (χ2v) is 14.0. The van der Waals surface area contributed by atoms with Gasteiger partial charge in [0.25, 0.3) is 0 Å². The maximum Gasteiger partial charge on any atom is 0.343 e. The van der Waals surface area contributed by atoms with Crippen LogP contribution in [-0.2, 0) is 15.6 Å². The third-order valence-electron chi connectivity index (χ3n) is 6.41. The minimum Gasteiger partial charge on any atom is -0.481 e. The molecule has 2 heterocycles. The molecule has 0 N–H and O–H groups in total. The molecule has 3 aromatic rings. The molecule has 7 nitrogen and oxygen atoms in total. The lowest BCUT2D eigenvalue weighted by Crippen LogP contribution is -2.42. The summed E-state index contributed by atoms with van der Waals surface area (Å²) in [5.41, 5.74) is 0.0552. The minimum atomic E-state index is -0.730. The van der Waals surface area contributed by atoms with Crippen LogP contribution in [0, 0.1) is 11.7 Å². The van der Waals surface area contributed by atoms with Gasteiger partial charge in [-0.3, -0.25) is 4.79 Å². The topological polar surface area (TPSA) is 79.7 Å². The van der Waals surface area contributed by atoms with Crippen molar-refractivity contribution in [1.82, 2.24) is 9.55 Å². The summed E-state index contributed by atoms with van der Waals surface area (Å²) in [5, 5.41) is -0.0384. The van der Waals surface area contributed by atoms with Crippen molar-refractivity contribution in [2.45, 2.75) is 78.5 Å². The van der Waals surface area contributed by atoms with Crippen LogP contribution in [0.1, 0.15) is 82.9 Å². The molecule has 0 aliphatic carbocycles. The molecule has 1 atom stereocenters. The van der Waals surface area contributed by atoms with Crippen molar-refractivity contribution in [3.63, 3.8) is 0 Å². The first-order valence-electron chi connectivity index (χ1n) is 13.3. The molecule has 0 aliphatic heterocycles. The number of ether oxygens (including phenoxy) is 2. The average molecular weight is 589 g/mol. The Morgan fingerprint density at radius 2 is 1.85 bits per heavy atom. The molecule has 2 radical (unpaired) electrons. The van der Waals surface area contributed by atoms with Gasteiger partial charge in [-0.1, -0.05) is 58.4 Å². The largest absolute Gasteiger partial charge is 0.481 e. The fourth-order valence-corrected chi connectivity index (χ4v) is 5.75. The van der Waals surface area contributed by atoms with E-state index in [0.717, 1.165) is 0 Å². The predicted molar refractivity (Wildman–Crippen MR) is 157 cm³/mol. The molecular formula is C30H38ClFN2O5Si. The number of carbonyl (C=O) groups excluding carboxylic acids is 1. The molecule has 0 fully saturated rings. The van der Waals surface area contributed by atoms with E-state index in [1.165, 1.54) is 19.4 Å². The van der Waals surface area contributed by atoms with E-state index in [2.05, 4.69) is 39.6 Å². The van der Waals surface area contributed by atoms with E-state index in [1.807, 2.05) is 18.4 Å².